The second-order valence-electron chi connectivity index (χ2n) is 8.92. The molecule has 0 radical (unpaired) electrons. The molecule has 0 saturated heterocycles. The van der Waals surface area contributed by atoms with Crippen LogP contribution in [-0.2, 0) is 7.05 Å². The Labute approximate surface area is 170 Å². The van der Waals surface area contributed by atoms with Crippen LogP contribution in [0.2, 0.25) is 0 Å². The summed E-state index contributed by atoms with van der Waals surface area (Å²) < 4.78 is 2.31. The molecular formula is C27H34N+. The highest BCUT2D eigenvalue weighted by Crippen LogP contribution is 2.38. The lowest BCUT2D eigenvalue weighted by molar-refractivity contribution is -0.659. The van der Waals surface area contributed by atoms with Crippen molar-refractivity contribution in [3.05, 3.63) is 64.8 Å². The fourth-order valence-electron chi connectivity index (χ4n) is 4.90. The molecule has 1 fully saturated rings. The molecular weight excluding hydrogens is 338 g/mol. The van der Waals surface area contributed by atoms with Gasteiger partial charge in [0.25, 0.3) is 0 Å². The molecule has 1 aliphatic rings. The molecule has 1 saturated carbocycles. The third kappa shape index (κ3) is 3.36. The average Bonchev–Trinajstić information content (AvgIpc) is 3.24. The Kier molecular flexibility index (Phi) is 5.27. The summed E-state index contributed by atoms with van der Waals surface area (Å²) in [5.74, 6) is 1.35. The zero-order valence-electron chi connectivity index (χ0n) is 18.2. The summed E-state index contributed by atoms with van der Waals surface area (Å²) in [6, 6.07) is 14.3. The van der Waals surface area contributed by atoms with Gasteiger partial charge in [-0.1, -0.05) is 44.9 Å². The Balaban J connectivity index is 1.92. The second kappa shape index (κ2) is 7.70. The molecule has 0 amide bonds. The van der Waals surface area contributed by atoms with Crippen molar-refractivity contribution >= 4 is 10.8 Å². The van der Waals surface area contributed by atoms with Crippen molar-refractivity contribution in [2.45, 2.75) is 71.6 Å². The van der Waals surface area contributed by atoms with Crippen LogP contribution < -0.4 is 4.57 Å². The Hall–Kier alpha value is -2.15. The molecule has 0 spiro atoms. The van der Waals surface area contributed by atoms with Gasteiger partial charge in [0.05, 0.1) is 10.9 Å². The molecule has 1 atom stereocenters. The Morgan fingerprint density at radius 1 is 1.04 bits per heavy atom. The van der Waals surface area contributed by atoms with E-state index in [0.29, 0.717) is 5.92 Å². The summed E-state index contributed by atoms with van der Waals surface area (Å²) in [5.41, 5.74) is 8.59. The van der Waals surface area contributed by atoms with E-state index in [2.05, 4.69) is 81.9 Å². The first-order chi connectivity index (χ1) is 13.5. The first-order valence-corrected chi connectivity index (χ1v) is 11.0. The first kappa shape index (κ1) is 19.2. The van der Waals surface area contributed by atoms with Crippen molar-refractivity contribution in [1.29, 1.82) is 0 Å². The van der Waals surface area contributed by atoms with Gasteiger partial charge in [-0.25, -0.2) is 4.57 Å². The van der Waals surface area contributed by atoms with Gasteiger partial charge in [-0.3, -0.25) is 0 Å². The third-order valence-electron chi connectivity index (χ3n) is 7.11. The van der Waals surface area contributed by atoms with Crippen molar-refractivity contribution in [2.75, 3.05) is 0 Å². The average molecular weight is 373 g/mol. The number of pyridine rings is 1. The van der Waals surface area contributed by atoms with Gasteiger partial charge in [0.1, 0.15) is 7.05 Å². The number of hydrogen-bond acceptors (Lipinski definition) is 0. The SMILES string of the molecule is CCC(C)c1ccc2c(-c3cc(C4CCCC4)cc(C)c3C)[n+](C)ccc2c1. The second-order valence-corrected chi connectivity index (χ2v) is 8.92. The molecule has 0 aliphatic heterocycles. The maximum Gasteiger partial charge on any atom is 0.220 e. The highest BCUT2D eigenvalue weighted by Gasteiger charge is 2.23. The van der Waals surface area contributed by atoms with Gasteiger partial charge in [-0.2, -0.15) is 0 Å². The van der Waals surface area contributed by atoms with Crippen molar-refractivity contribution in [3.63, 3.8) is 0 Å². The lowest BCUT2D eigenvalue weighted by Gasteiger charge is -2.17. The zero-order chi connectivity index (χ0) is 19.8. The number of aromatic nitrogens is 1. The van der Waals surface area contributed by atoms with E-state index in [1.54, 1.807) is 5.56 Å². The van der Waals surface area contributed by atoms with Gasteiger partial charge >= 0.3 is 0 Å². The van der Waals surface area contributed by atoms with E-state index < -0.39 is 0 Å². The monoisotopic (exact) mass is 372 g/mol. The molecule has 0 N–H and O–H groups in total. The van der Waals surface area contributed by atoms with Crippen molar-refractivity contribution < 1.29 is 4.57 Å². The number of hydrogen-bond donors (Lipinski definition) is 0. The topological polar surface area (TPSA) is 3.88 Å². The molecule has 1 nitrogen and oxygen atoms in total. The maximum atomic E-state index is 2.50. The molecule has 1 unspecified atom stereocenters. The van der Waals surface area contributed by atoms with Crippen LogP contribution in [0.3, 0.4) is 0 Å². The molecule has 0 bridgehead atoms. The molecule has 3 aromatic rings. The lowest BCUT2D eigenvalue weighted by Crippen LogP contribution is -2.31. The summed E-state index contributed by atoms with van der Waals surface area (Å²) in [7, 11) is 2.19. The van der Waals surface area contributed by atoms with Crippen LogP contribution in [0, 0.1) is 13.8 Å². The fourth-order valence-corrected chi connectivity index (χ4v) is 4.90. The Bertz CT molecular complexity index is 1010. The minimum absolute atomic E-state index is 0.608. The van der Waals surface area contributed by atoms with E-state index in [-0.39, 0.29) is 0 Å². The minimum atomic E-state index is 0.608. The normalized spacial score (nSPS) is 16.0. The largest absolute Gasteiger partial charge is 0.220 e. The Morgan fingerprint density at radius 3 is 2.50 bits per heavy atom. The highest BCUT2D eigenvalue weighted by atomic mass is 14.9. The molecule has 146 valence electrons. The van der Waals surface area contributed by atoms with Crippen molar-refractivity contribution in [3.8, 4) is 11.3 Å². The Morgan fingerprint density at radius 2 is 1.79 bits per heavy atom. The molecule has 1 heterocycles. The van der Waals surface area contributed by atoms with Gasteiger partial charge in [0.15, 0.2) is 6.20 Å². The van der Waals surface area contributed by atoms with Crippen LogP contribution in [0.1, 0.15) is 80.0 Å². The minimum Gasteiger partial charge on any atom is -0.200 e. The van der Waals surface area contributed by atoms with E-state index in [1.165, 1.54) is 70.8 Å². The van der Waals surface area contributed by atoms with Crippen LogP contribution >= 0.6 is 0 Å². The van der Waals surface area contributed by atoms with Crippen LogP contribution in [0.5, 0.6) is 0 Å². The molecule has 4 rings (SSSR count). The van der Waals surface area contributed by atoms with E-state index in [0.717, 1.165) is 5.92 Å². The predicted octanol–water partition coefficient (Wildman–Crippen LogP) is 7.12. The maximum absolute atomic E-state index is 2.50. The van der Waals surface area contributed by atoms with Crippen LogP contribution in [0.15, 0.2) is 42.6 Å². The number of aryl methyl sites for hydroxylation is 2. The summed E-state index contributed by atoms with van der Waals surface area (Å²) in [6.07, 6.45) is 8.88. The van der Waals surface area contributed by atoms with Gasteiger partial charge in [0, 0.05) is 6.07 Å². The summed E-state index contributed by atoms with van der Waals surface area (Å²) >= 11 is 0. The molecule has 1 aromatic heterocycles. The number of nitrogens with zero attached hydrogens (tertiary/aromatic N) is 1. The van der Waals surface area contributed by atoms with Gasteiger partial charge in [-0.05, 0) is 84.7 Å². The number of rotatable bonds is 4. The quantitative estimate of drug-likeness (QED) is 0.429. The van der Waals surface area contributed by atoms with Crippen molar-refractivity contribution in [2.24, 2.45) is 7.05 Å². The standard InChI is InChI=1S/C27H34N/c1-6-18(2)22-11-12-25-23(16-22)13-14-28(5)27(25)26-17-24(15-19(3)20(26)4)21-9-7-8-10-21/h11-18,21H,6-10H2,1-5H3/q+1. The van der Waals surface area contributed by atoms with Gasteiger partial charge in [-0.15, -0.1) is 0 Å². The first-order valence-electron chi connectivity index (χ1n) is 11.0. The molecule has 28 heavy (non-hydrogen) atoms. The van der Waals surface area contributed by atoms with Gasteiger partial charge in [0.2, 0.25) is 5.69 Å². The van der Waals surface area contributed by atoms with Crippen molar-refractivity contribution in [1.82, 2.24) is 0 Å². The fraction of sp³-hybridized carbons (Fsp3) is 0.444. The summed E-state index contributed by atoms with van der Waals surface area (Å²) in [5, 5.41) is 2.72. The lowest BCUT2D eigenvalue weighted by atomic mass is 9.88. The van der Waals surface area contributed by atoms with E-state index >= 15 is 0 Å². The predicted molar refractivity (Wildman–Crippen MR) is 120 cm³/mol. The smallest absolute Gasteiger partial charge is 0.200 e. The molecule has 2 aromatic carbocycles. The van der Waals surface area contributed by atoms with E-state index in [1.807, 2.05) is 0 Å². The molecule has 1 aliphatic carbocycles. The summed E-state index contributed by atoms with van der Waals surface area (Å²) in [4.78, 5) is 0. The van der Waals surface area contributed by atoms with E-state index in [9.17, 15) is 0 Å². The molecule has 1 heteroatoms. The highest BCUT2D eigenvalue weighted by molar-refractivity contribution is 5.94. The van der Waals surface area contributed by atoms with Crippen LogP contribution in [-0.4, -0.2) is 0 Å². The summed E-state index contributed by atoms with van der Waals surface area (Å²) in [6.45, 7) is 9.16. The van der Waals surface area contributed by atoms with Crippen LogP contribution in [0.25, 0.3) is 22.0 Å². The van der Waals surface area contributed by atoms with Gasteiger partial charge < -0.3 is 0 Å². The van der Waals surface area contributed by atoms with Crippen LogP contribution in [0.4, 0.5) is 0 Å². The third-order valence-corrected chi connectivity index (χ3v) is 7.11. The zero-order valence-corrected chi connectivity index (χ0v) is 18.2. The van der Waals surface area contributed by atoms with E-state index in [4.69, 9.17) is 0 Å². The number of fused-ring (bicyclic) bond motifs is 1. The number of benzene rings is 2.